The molecule has 3 aromatic carbocycles. The number of hydrogen-bond donors (Lipinski definition) is 0. The number of rotatable bonds is 6. The molecule has 1 aromatic heterocycles. The summed E-state index contributed by atoms with van der Waals surface area (Å²) in [7, 11) is 0. The number of amides is 1. The second-order valence-corrected chi connectivity index (χ2v) is 11.7. The maximum atomic E-state index is 15.1. The van der Waals surface area contributed by atoms with E-state index in [1.807, 2.05) is 35.2 Å². The first-order chi connectivity index (χ1) is 17.4. The van der Waals surface area contributed by atoms with E-state index in [1.54, 1.807) is 6.07 Å². The van der Waals surface area contributed by atoms with Gasteiger partial charge >= 0.3 is 0 Å². The third-order valence-corrected chi connectivity index (χ3v) is 9.09. The molecule has 0 atom stereocenters. The smallest absolute Gasteiger partial charge is 0.265 e. The third kappa shape index (κ3) is 5.35. The number of fused-ring (bicyclic) bond motifs is 1. The van der Waals surface area contributed by atoms with Gasteiger partial charge in [-0.05, 0) is 60.9 Å². The van der Waals surface area contributed by atoms with Crippen LogP contribution in [0.4, 0.5) is 4.39 Å². The van der Waals surface area contributed by atoms with Crippen molar-refractivity contribution in [1.82, 2.24) is 4.90 Å². The number of thiophene rings is 1. The standard InChI is InChI=1S/C31H31ClFNOS/c1-20-7-11-22(12-8-20)18-34(31(35)30-29(32)26-5-3-4-6-28(26)36-30)19-25-17-24(15-16-27(25)33)23-13-9-21(2)10-14-23/h3-6,9-10,13-17,20,22H,7-8,11-12,18-19H2,1-2H3. The van der Waals surface area contributed by atoms with Crippen molar-refractivity contribution in [2.45, 2.75) is 46.1 Å². The van der Waals surface area contributed by atoms with Crippen molar-refractivity contribution in [3.05, 3.63) is 93.6 Å². The lowest BCUT2D eigenvalue weighted by atomic mass is 9.82. The summed E-state index contributed by atoms with van der Waals surface area (Å²) in [4.78, 5) is 16.3. The molecule has 1 fully saturated rings. The topological polar surface area (TPSA) is 20.3 Å². The fraction of sp³-hybridized carbons (Fsp3) is 0.323. The molecule has 0 radical (unpaired) electrons. The largest absolute Gasteiger partial charge is 0.333 e. The number of hydrogen-bond acceptors (Lipinski definition) is 2. The highest BCUT2D eigenvalue weighted by Crippen LogP contribution is 2.37. The van der Waals surface area contributed by atoms with Crippen molar-refractivity contribution in [2.24, 2.45) is 11.8 Å². The fourth-order valence-corrected chi connectivity index (χ4v) is 6.64. The number of carbonyl (C=O) groups excluding carboxylic acids is 1. The Morgan fingerprint density at radius 1 is 1.00 bits per heavy atom. The van der Waals surface area contributed by atoms with Gasteiger partial charge in [0.05, 0.1) is 5.02 Å². The Kier molecular flexibility index (Phi) is 7.45. The maximum absolute atomic E-state index is 15.1. The highest BCUT2D eigenvalue weighted by molar-refractivity contribution is 7.21. The summed E-state index contributed by atoms with van der Waals surface area (Å²) in [5, 5.41) is 1.39. The van der Waals surface area contributed by atoms with Crippen LogP contribution in [0.2, 0.25) is 5.02 Å². The van der Waals surface area contributed by atoms with Crippen LogP contribution in [0.3, 0.4) is 0 Å². The molecule has 0 bridgehead atoms. The number of benzene rings is 3. The monoisotopic (exact) mass is 519 g/mol. The molecule has 0 spiro atoms. The van der Waals surface area contributed by atoms with Crippen LogP contribution in [-0.2, 0) is 6.54 Å². The first kappa shape index (κ1) is 25.0. The second-order valence-electron chi connectivity index (χ2n) is 10.2. The zero-order valence-corrected chi connectivity index (χ0v) is 22.3. The van der Waals surface area contributed by atoms with Gasteiger partial charge in [0.25, 0.3) is 5.91 Å². The first-order valence-electron chi connectivity index (χ1n) is 12.7. The van der Waals surface area contributed by atoms with E-state index >= 15 is 4.39 Å². The molecule has 1 heterocycles. The van der Waals surface area contributed by atoms with Gasteiger partial charge in [-0.3, -0.25) is 4.79 Å². The molecule has 1 amide bonds. The van der Waals surface area contributed by atoms with Crippen molar-refractivity contribution in [1.29, 1.82) is 0 Å². The van der Waals surface area contributed by atoms with E-state index in [9.17, 15) is 4.79 Å². The molecule has 0 saturated heterocycles. The Morgan fingerprint density at radius 2 is 1.69 bits per heavy atom. The van der Waals surface area contributed by atoms with E-state index in [-0.39, 0.29) is 18.3 Å². The predicted octanol–water partition coefficient (Wildman–Crippen LogP) is 9.14. The van der Waals surface area contributed by atoms with Crippen molar-refractivity contribution in [3.63, 3.8) is 0 Å². The molecule has 5 heteroatoms. The minimum atomic E-state index is -0.289. The fourth-order valence-electron chi connectivity index (χ4n) is 5.16. The SMILES string of the molecule is Cc1ccc(-c2ccc(F)c(CN(CC3CCC(C)CC3)C(=O)c3sc4ccccc4c3Cl)c2)cc1. The number of carbonyl (C=O) groups is 1. The Labute approximate surface area is 221 Å². The molecule has 2 nitrogen and oxygen atoms in total. The summed E-state index contributed by atoms with van der Waals surface area (Å²) in [6, 6.07) is 21.2. The Bertz CT molecular complexity index is 1370. The van der Waals surface area contributed by atoms with Crippen LogP contribution in [0, 0.1) is 24.6 Å². The van der Waals surface area contributed by atoms with Crippen LogP contribution in [0.5, 0.6) is 0 Å². The van der Waals surface area contributed by atoms with E-state index in [2.05, 4.69) is 38.1 Å². The van der Waals surface area contributed by atoms with Gasteiger partial charge in [0.1, 0.15) is 10.7 Å². The summed E-state index contributed by atoms with van der Waals surface area (Å²) in [6.07, 6.45) is 4.54. The lowest BCUT2D eigenvalue weighted by Crippen LogP contribution is -2.36. The van der Waals surface area contributed by atoms with Gasteiger partial charge in [0, 0.05) is 28.7 Å². The second kappa shape index (κ2) is 10.7. The van der Waals surface area contributed by atoms with E-state index in [0.29, 0.717) is 27.9 Å². The van der Waals surface area contributed by atoms with Gasteiger partial charge in [-0.15, -0.1) is 11.3 Å². The maximum Gasteiger partial charge on any atom is 0.265 e. The molecular weight excluding hydrogens is 489 g/mol. The molecule has 1 saturated carbocycles. The zero-order chi connectivity index (χ0) is 25.2. The van der Waals surface area contributed by atoms with E-state index in [4.69, 9.17) is 11.6 Å². The van der Waals surface area contributed by atoms with Gasteiger partial charge in [-0.1, -0.05) is 85.5 Å². The third-order valence-electron chi connectivity index (χ3n) is 7.42. The van der Waals surface area contributed by atoms with Gasteiger partial charge in [-0.25, -0.2) is 4.39 Å². The molecule has 1 aliphatic rings. The zero-order valence-electron chi connectivity index (χ0n) is 20.8. The Hall–Kier alpha value is -2.69. The van der Waals surface area contributed by atoms with Crippen LogP contribution >= 0.6 is 22.9 Å². The molecule has 4 aromatic rings. The van der Waals surface area contributed by atoms with Crippen molar-refractivity contribution in [3.8, 4) is 11.1 Å². The van der Waals surface area contributed by atoms with Crippen LogP contribution in [0.15, 0.2) is 66.7 Å². The number of nitrogens with zero attached hydrogens (tertiary/aromatic N) is 1. The van der Waals surface area contributed by atoms with Crippen molar-refractivity contribution >= 4 is 38.9 Å². The van der Waals surface area contributed by atoms with Crippen LogP contribution in [0.25, 0.3) is 21.2 Å². The summed E-state index contributed by atoms with van der Waals surface area (Å²) in [6.45, 7) is 5.18. The molecule has 186 valence electrons. The predicted molar refractivity (Wildman–Crippen MR) is 149 cm³/mol. The molecular formula is C31H31ClFNOS. The van der Waals surface area contributed by atoms with Crippen LogP contribution < -0.4 is 0 Å². The normalized spacial score (nSPS) is 17.9. The van der Waals surface area contributed by atoms with Crippen LogP contribution in [-0.4, -0.2) is 17.4 Å². The van der Waals surface area contributed by atoms with Gasteiger partial charge in [0.15, 0.2) is 0 Å². The van der Waals surface area contributed by atoms with E-state index < -0.39 is 0 Å². The Balaban J connectivity index is 1.47. The summed E-state index contributed by atoms with van der Waals surface area (Å²) < 4.78 is 16.1. The summed E-state index contributed by atoms with van der Waals surface area (Å²) in [5.74, 6) is 0.746. The van der Waals surface area contributed by atoms with Crippen LogP contribution in [0.1, 0.15) is 53.4 Å². The minimum Gasteiger partial charge on any atom is -0.333 e. The van der Waals surface area contributed by atoms with Gasteiger partial charge in [0.2, 0.25) is 0 Å². The average Bonchev–Trinajstić information content (AvgIpc) is 3.22. The van der Waals surface area contributed by atoms with Gasteiger partial charge < -0.3 is 4.90 Å². The van der Waals surface area contributed by atoms with Crippen molar-refractivity contribution < 1.29 is 9.18 Å². The lowest BCUT2D eigenvalue weighted by Gasteiger charge is -2.32. The Morgan fingerprint density at radius 3 is 2.42 bits per heavy atom. The molecule has 1 aliphatic carbocycles. The van der Waals surface area contributed by atoms with E-state index in [1.165, 1.54) is 35.8 Å². The number of aryl methyl sites for hydroxylation is 1. The molecule has 5 rings (SSSR count). The molecule has 0 unspecified atom stereocenters. The molecule has 0 N–H and O–H groups in total. The quantitative estimate of drug-likeness (QED) is 0.248. The average molecular weight is 520 g/mol. The first-order valence-corrected chi connectivity index (χ1v) is 13.9. The lowest BCUT2D eigenvalue weighted by molar-refractivity contribution is 0.0695. The van der Waals surface area contributed by atoms with E-state index in [0.717, 1.165) is 40.0 Å². The summed E-state index contributed by atoms with van der Waals surface area (Å²) >= 11 is 8.12. The van der Waals surface area contributed by atoms with Crippen molar-refractivity contribution in [2.75, 3.05) is 6.54 Å². The number of halogens is 2. The minimum absolute atomic E-state index is 0.111. The highest BCUT2D eigenvalue weighted by atomic mass is 35.5. The molecule has 0 aliphatic heterocycles. The summed E-state index contributed by atoms with van der Waals surface area (Å²) in [5.41, 5.74) is 3.70. The highest BCUT2D eigenvalue weighted by Gasteiger charge is 2.28. The van der Waals surface area contributed by atoms with Gasteiger partial charge in [-0.2, -0.15) is 0 Å². The molecule has 36 heavy (non-hydrogen) atoms.